The molecular weight excluding hydrogens is 344 g/mol. The van der Waals surface area contributed by atoms with E-state index in [-0.39, 0.29) is 5.75 Å². The Labute approximate surface area is 161 Å². The van der Waals surface area contributed by atoms with Crippen LogP contribution in [-0.2, 0) is 6.54 Å². The molecule has 0 bridgehead atoms. The quantitative estimate of drug-likeness (QED) is 0.799. The summed E-state index contributed by atoms with van der Waals surface area (Å²) in [6.07, 6.45) is 0. The summed E-state index contributed by atoms with van der Waals surface area (Å²) in [4.78, 5) is 6.77. The molecule has 2 aromatic rings. The molecule has 0 saturated carbocycles. The van der Waals surface area contributed by atoms with E-state index in [4.69, 9.17) is 9.26 Å². The molecule has 1 N–H and O–H groups in total. The van der Waals surface area contributed by atoms with Gasteiger partial charge in [-0.2, -0.15) is 0 Å². The van der Waals surface area contributed by atoms with E-state index in [0.29, 0.717) is 23.6 Å². The maximum atomic E-state index is 10.9. The van der Waals surface area contributed by atoms with Crippen molar-refractivity contribution < 1.29 is 14.4 Å². The first-order valence-corrected chi connectivity index (χ1v) is 9.58. The highest BCUT2D eigenvalue weighted by Crippen LogP contribution is 2.38. The molecule has 148 valence electrons. The number of rotatable bonds is 7. The van der Waals surface area contributed by atoms with Gasteiger partial charge in [0, 0.05) is 57.4 Å². The van der Waals surface area contributed by atoms with E-state index in [1.165, 1.54) is 0 Å². The molecule has 1 fully saturated rings. The lowest BCUT2D eigenvalue weighted by Crippen LogP contribution is -2.43. The highest BCUT2D eigenvalue weighted by molar-refractivity contribution is 5.71. The van der Waals surface area contributed by atoms with Crippen LogP contribution in [0.2, 0.25) is 0 Å². The molecule has 0 unspecified atom stereocenters. The molecule has 7 nitrogen and oxygen atoms in total. The Morgan fingerprint density at radius 1 is 1.15 bits per heavy atom. The first-order valence-electron chi connectivity index (χ1n) is 9.58. The maximum Gasteiger partial charge on any atom is 0.172 e. The average molecular weight is 374 g/mol. The van der Waals surface area contributed by atoms with E-state index >= 15 is 0 Å². The van der Waals surface area contributed by atoms with Gasteiger partial charge in [0.15, 0.2) is 11.6 Å². The van der Waals surface area contributed by atoms with Gasteiger partial charge in [-0.3, -0.25) is 4.90 Å². The van der Waals surface area contributed by atoms with Crippen LogP contribution in [0.1, 0.15) is 19.4 Å². The second kappa shape index (κ2) is 8.63. The Kier molecular flexibility index (Phi) is 6.23. The van der Waals surface area contributed by atoms with Crippen molar-refractivity contribution in [2.24, 2.45) is 0 Å². The van der Waals surface area contributed by atoms with Crippen molar-refractivity contribution in [3.63, 3.8) is 0 Å². The van der Waals surface area contributed by atoms with Crippen LogP contribution >= 0.6 is 0 Å². The summed E-state index contributed by atoms with van der Waals surface area (Å²) in [7, 11) is 3.77. The second-order valence-corrected chi connectivity index (χ2v) is 6.98. The molecule has 1 aromatic heterocycles. The largest absolute Gasteiger partial charge is 0.507 e. The summed E-state index contributed by atoms with van der Waals surface area (Å²) in [6.45, 7) is 10.6. The van der Waals surface area contributed by atoms with E-state index in [1.807, 2.05) is 12.1 Å². The van der Waals surface area contributed by atoms with Crippen LogP contribution in [0, 0.1) is 0 Å². The lowest BCUT2D eigenvalue weighted by atomic mass is 10.0. The molecule has 0 atom stereocenters. The summed E-state index contributed by atoms with van der Waals surface area (Å²) < 4.78 is 11.0. The van der Waals surface area contributed by atoms with Gasteiger partial charge in [0.1, 0.15) is 11.5 Å². The van der Waals surface area contributed by atoms with E-state index in [2.05, 4.69) is 40.8 Å². The normalized spacial score (nSPS) is 15.9. The molecule has 27 heavy (non-hydrogen) atoms. The van der Waals surface area contributed by atoms with Crippen molar-refractivity contribution in [3.8, 4) is 22.8 Å². The molecule has 3 rings (SSSR count). The molecule has 2 heterocycles. The Morgan fingerprint density at radius 2 is 1.85 bits per heavy atom. The third kappa shape index (κ3) is 4.36. The molecule has 0 radical (unpaired) electrons. The summed E-state index contributed by atoms with van der Waals surface area (Å²) in [5.41, 5.74) is 1.46. The van der Waals surface area contributed by atoms with Crippen molar-refractivity contribution >= 4 is 5.82 Å². The number of nitrogens with zero attached hydrogens (tertiary/aromatic N) is 4. The fourth-order valence-electron chi connectivity index (χ4n) is 3.43. The van der Waals surface area contributed by atoms with Gasteiger partial charge < -0.3 is 24.2 Å². The predicted octanol–water partition coefficient (Wildman–Crippen LogP) is 2.65. The van der Waals surface area contributed by atoms with Gasteiger partial charge in [0.25, 0.3) is 0 Å². The van der Waals surface area contributed by atoms with E-state index in [9.17, 15) is 5.11 Å². The number of likely N-dealkylation sites (N-methyl/N-ethyl adjacent to an activating group) is 1. The van der Waals surface area contributed by atoms with Crippen LogP contribution in [0.15, 0.2) is 22.7 Å². The SMILES string of the molecule is CCN(CC)c1cc(-c2cc(OC)cc(CN3CCN(C)CC3)c2O)on1. The molecule has 1 aromatic carbocycles. The molecule has 1 saturated heterocycles. The highest BCUT2D eigenvalue weighted by atomic mass is 16.5. The Balaban J connectivity index is 1.89. The monoisotopic (exact) mass is 374 g/mol. The summed E-state index contributed by atoms with van der Waals surface area (Å²) in [5.74, 6) is 2.26. The van der Waals surface area contributed by atoms with Crippen molar-refractivity contribution in [1.82, 2.24) is 15.0 Å². The summed E-state index contributed by atoms with van der Waals surface area (Å²) >= 11 is 0. The number of methoxy groups -OCH3 is 1. The Bertz CT molecular complexity index is 750. The number of piperazine rings is 1. The molecule has 1 aliphatic heterocycles. The lowest BCUT2D eigenvalue weighted by molar-refractivity contribution is 0.147. The summed E-state index contributed by atoms with van der Waals surface area (Å²) in [6, 6.07) is 5.58. The number of ether oxygens (including phenoxy) is 1. The molecule has 7 heteroatoms. The van der Waals surface area contributed by atoms with E-state index in [0.717, 1.165) is 50.6 Å². The number of aromatic nitrogens is 1. The smallest absolute Gasteiger partial charge is 0.172 e. The maximum absolute atomic E-state index is 10.9. The fourth-order valence-corrected chi connectivity index (χ4v) is 3.43. The van der Waals surface area contributed by atoms with E-state index < -0.39 is 0 Å². The Morgan fingerprint density at radius 3 is 2.48 bits per heavy atom. The van der Waals surface area contributed by atoms with Gasteiger partial charge in [0.2, 0.25) is 0 Å². The van der Waals surface area contributed by atoms with Crippen LogP contribution in [0.4, 0.5) is 5.82 Å². The number of hydrogen-bond donors (Lipinski definition) is 1. The molecule has 0 amide bonds. The third-order valence-electron chi connectivity index (χ3n) is 5.24. The van der Waals surface area contributed by atoms with E-state index in [1.54, 1.807) is 13.2 Å². The zero-order valence-corrected chi connectivity index (χ0v) is 16.7. The van der Waals surface area contributed by atoms with Gasteiger partial charge in [-0.25, -0.2) is 0 Å². The highest BCUT2D eigenvalue weighted by Gasteiger charge is 2.21. The zero-order chi connectivity index (χ0) is 19.4. The minimum atomic E-state index is 0.233. The van der Waals surface area contributed by atoms with Crippen LogP contribution in [0.3, 0.4) is 0 Å². The first kappa shape index (κ1) is 19.5. The molecule has 1 aliphatic rings. The average Bonchev–Trinajstić information content (AvgIpc) is 3.16. The van der Waals surface area contributed by atoms with Gasteiger partial charge in [-0.05, 0) is 33.0 Å². The zero-order valence-electron chi connectivity index (χ0n) is 16.7. The first-order chi connectivity index (χ1) is 13.0. The number of aromatic hydroxyl groups is 1. The van der Waals surface area contributed by atoms with Gasteiger partial charge in [-0.1, -0.05) is 5.16 Å². The molecule has 0 aliphatic carbocycles. The van der Waals surface area contributed by atoms with Crippen LogP contribution < -0.4 is 9.64 Å². The number of anilines is 1. The van der Waals surface area contributed by atoms with Gasteiger partial charge in [0.05, 0.1) is 12.7 Å². The number of phenolic OH excluding ortho intramolecular Hbond substituents is 1. The third-order valence-corrected chi connectivity index (χ3v) is 5.24. The lowest BCUT2D eigenvalue weighted by Gasteiger charge is -2.32. The van der Waals surface area contributed by atoms with Gasteiger partial charge in [-0.15, -0.1) is 0 Å². The molecular formula is C20H30N4O3. The van der Waals surface area contributed by atoms with Crippen molar-refractivity contribution in [2.45, 2.75) is 20.4 Å². The number of hydrogen-bond acceptors (Lipinski definition) is 7. The van der Waals surface area contributed by atoms with Crippen molar-refractivity contribution in [2.75, 3.05) is 58.3 Å². The molecule has 0 spiro atoms. The second-order valence-electron chi connectivity index (χ2n) is 6.98. The van der Waals surface area contributed by atoms with Crippen LogP contribution in [-0.4, -0.2) is 73.5 Å². The summed E-state index contributed by atoms with van der Waals surface area (Å²) in [5, 5.41) is 15.1. The predicted molar refractivity (Wildman–Crippen MR) is 106 cm³/mol. The minimum absolute atomic E-state index is 0.233. The number of benzene rings is 1. The Hall–Kier alpha value is -2.25. The van der Waals surface area contributed by atoms with Crippen LogP contribution in [0.25, 0.3) is 11.3 Å². The number of phenols is 1. The topological polar surface area (TPSA) is 65.2 Å². The standard InChI is InChI=1S/C20H30N4O3/c1-5-24(6-2)19-13-18(27-21-19)17-12-16(26-4)11-15(20(17)25)14-23-9-7-22(3)8-10-23/h11-13,25H,5-10,14H2,1-4H3. The van der Waals surface area contributed by atoms with Crippen LogP contribution in [0.5, 0.6) is 11.5 Å². The minimum Gasteiger partial charge on any atom is -0.507 e. The fraction of sp³-hybridized carbons (Fsp3) is 0.550. The van der Waals surface area contributed by atoms with Crippen molar-refractivity contribution in [1.29, 1.82) is 0 Å². The van der Waals surface area contributed by atoms with Crippen molar-refractivity contribution in [3.05, 3.63) is 23.8 Å². The van der Waals surface area contributed by atoms with Gasteiger partial charge >= 0.3 is 0 Å².